The molecule has 0 spiro atoms. The molecule has 0 fully saturated rings. The average Bonchev–Trinajstić information content (AvgIpc) is 3.42. The molecule has 166 valence electrons. The van der Waals surface area contributed by atoms with Crippen LogP contribution in [0.2, 0.25) is 0 Å². The number of aryl methyl sites for hydroxylation is 1. The predicted octanol–water partition coefficient (Wildman–Crippen LogP) is 4.27. The van der Waals surface area contributed by atoms with Crippen LogP contribution in [0.1, 0.15) is 50.5 Å². The van der Waals surface area contributed by atoms with Gasteiger partial charge < -0.3 is 0 Å². The quantitative estimate of drug-likeness (QED) is 0.450. The second-order valence-corrected chi connectivity index (χ2v) is 9.28. The van der Waals surface area contributed by atoms with Crippen molar-refractivity contribution in [3.63, 3.8) is 0 Å². The molecule has 2 aromatic carbocycles. The second kappa shape index (κ2) is 7.93. The topological polar surface area (TPSA) is 96.7 Å². The van der Waals surface area contributed by atoms with Crippen LogP contribution in [0.5, 0.6) is 0 Å². The first-order chi connectivity index (χ1) is 15.8. The molecule has 1 aliphatic heterocycles. The van der Waals surface area contributed by atoms with E-state index in [9.17, 15) is 14.4 Å². The number of rotatable bonds is 5. The third kappa shape index (κ3) is 3.70. The van der Waals surface area contributed by atoms with Gasteiger partial charge in [0.2, 0.25) is 4.96 Å². The Labute approximate surface area is 193 Å². The lowest BCUT2D eigenvalue weighted by atomic mass is 10.1. The van der Waals surface area contributed by atoms with Crippen molar-refractivity contribution >= 4 is 40.0 Å². The summed E-state index contributed by atoms with van der Waals surface area (Å²) in [6.07, 6.45) is 0. The molecule has 0 aliphatic carbocycles. The molecule has 2 aromatic heterocycles. The fourth-order valence-corrected chi connectivity index (χ4v) is 4.62. The van der Waals surface area contributed by atoms with Crippen molar-refractivity contribution in [2.75, 3.05) is 11.9 Å². The van der Waals surface area contributed by atoms with Gasteiger partial charge >= 0.3 is 0 Å². The van der Waals surface area contributed by atoms with Crippen LogP contribution in [-0.4, -0.2) is 43.8 Å². The van der Waals surface area contributed by atoms with E-state index in [0.717, 1.165) is 11.3 Å². The highest BCUT2D eigenvalue weighted by molar-refractivity contribution is 7.15. The number of carbonyl (C=O) groups is 3. The van der Waals surface area contributed by atoms with Crippen molar-refractivity contribution in [2.24, 2.45) is 5.92 Å². The van der Waals surface area contributed by atoms with E-state index in [1.165, 1.54) is 40.0 Å². The number of benzene rings is 2. The molecule has 33 heavy (non-hydrogen) atoms. The van der Waals surface area contributed by atoms with Crippen molar-refractivity contribution < 1.29 is 14.4 Å². The number of thiazole rings is 1. The lowest BCUT2D eigenvalue weighted by Crippen LogP contribution is -2.33. The Balaban J connectivity index is 1.39. The maximum absolute atomic E-state index is 12.8. The fourth-order valence-electron chi connectivity index (χ4n) is 3.79. The largest absolute Gasteiger partial charge is 0.289 e. The lowest BCUT2D eigenvalue weighted by Gasteiger charge is -2.15. The Bertz CT molecular complexity index is 1420. The summed E-state index contributed by atoms with van der Waals surface area (Å²) in [5, 5.41) is 9.10. The average molecular weight is 460 g/mol. The number of anilines is 1. The number of imide groups is 1. The SMILES string of the molecule is Cc1ccc(-c2csc3nc(NC(=O)c4ccc5c(c4)C(=O)N(CC(C)C)C5=O)nn23)cc1. The van der Waals surface area contributed by atoms with E-state index < -0.39 is 5.91 Å². The number of hydrogen-bond acceptors (Lipinski definition) is 6. The predicted molar refractivity (Wildman–Crippen MR) is 126 cm³/mol. The van der Waals surface area contributed by atoms with Gasteiger partial charge in [-0.05, 0) is 31.0 Å². The maximum atomic E-state index is 12.8. The van der Waals surface area contributed by atoms with E-state index in [-0.39, 0.29) is 34.8 Å². The van der Waals surface area contributed by atoms with E-state index in [0.29, 0.717) is 17.1 Å². The summed E-state index contributed by atoms with van der Waals surface area (Å²) in [7, 11) is 0. The third-order valence-corrected chi connectivity index (χ3v) is 6.25. The number of hydrogen-bond donors (Lipinski definition) is 1. The van der Waals surface area contributed by atoms with E-state index in [1.54, 1.807) is 4.52 Å². The van der Waals surface area contributed by atoms with Crippen LogP contribution in [0.15, 0.2) is 47.8 Å². The highest BCUT2D eigenvalue weighted by Gasteiger charge is 2.36. The van der Waals surface area contributed by atoms with Gasteiger partial charge in [-0.2, -0.15) is 4.98 Å². The van der Waals surface area contributed by atoms with Crippen LogP contribution < -0.4 is 5.32 Å². The van der Waals surface area contributed by atoms with Crippen LogP contribution in [-0.2, 0) is 0 Å². The lowest BCUT2D eigenvalue weighted by molar-refractivity contribution is 0.0636. The molecule has 5 rings (SSSR count). The number of fused-ring (bicyclic) bond motifs is 2. The smallest absolute Gasteiger partial charge is 0.261 e. The van der Waals surface area contributed by atoms with Gasteiger partial charge in [0.15, 0.2) is 0 Å². The van der Waals surface area contributed by atoms with Crippen molar-refractivity contribution in [1.29, 1.82) is 0 Å². The Hall–Kier alpha value is -3.85. The molecular weight excluding hydrogens is 438 g/mol. The highest BCUT2D eigenvalue weighted by atomic mass is 32.1. The molecule has 0 radical (unpaired) electrons. The zero-order valence-electron chi connectivity index (χ0n) is 18.3. The zero-order chi connectivity index (χ0) is 23.3. The summed E-state index contributed by atoms with van der Waals surface area (Å²) < 4.78 is 1.69. The zero-order valence-corrected chi connectivity index (χ0v) is 19.1. The minimum absolute atomic E-state index is 0.153. The normalized spacial score (nSPS) is 13.3. The van der Waals surface area contributed by atoms with Crippen molar-refractivity contribution in [3.05, 3.63) is 70.1 Å². The van der Waals surface area contributed by atoms with Crippen LogP contribution in [0.4, 0.5) is 5.95 Å². The summed E-state index contributed by atoms with van der Waals surface area (Å²) in [5.74, 6) is -0.822. The number of aromatic nitrogens is 3. The van der Waals surface area contributed by atoms with Crippen molar-refractivity contribution in [1.82, 2.24) is 19.5 Å². The molecular formula is C24H21N5O3S. The fraction of sp³-hybridized carbons (Fsp3) is 0.208. The molecule has 3 amide bonds. The Morgan fingerprint density at radius 2 is 1.79 bits per heavy atom. The van der Waals surface area contributed by atoms with E-state index in [2.05, 4.69) is 15.4 Å². The van der Waals surface area contributed by atoms with E-state index >= 15 is 0 Å². The van der Waals surface area contributed by atoms with Gasteiger partial charge in [0, 0.05) is 23.1 Å². The van der Waals surface area contributed by atoms with Gasteiger partial charge in [-0.3, -0.25) is 24.6 Å². The van der Waals surface area contributed by atoms with Gasteiger partial charge in [-0.25, -0.2) is 4.52 Å². The van der Waals surface area contributed by atoms with Gasteiger partial charge in [-0.15, -0.1) is 16.4 Å². The van der Waals surface area contributed by atoms with E-state index in [1.807, 2.05) is 50.4 Å². The van der Waals surface area contributed by atoms with Crippen molar-refractivity contribution in [3.8, 4) is 11.3 Å². The van der Waals surface area contributed by atoms with Crippen LogP contribution in [0.3, 0.4) is 0 Å². The Kier molecular flexibility index (Phi) is 5.05. The highest BCUT2D eigenvalue weighted by Crippen LogP contribution is 2.27. The first-order valence-electron chi connectivity index (χ1n) is 10.5. The van der Waals surface area contributed by atoms with Crippen LogP contribution >= 0.6 is 11.3 Å². The number of amides is 3. The second-order valence-electron chi connectivity index (χ2n) is 8.45. The minimum atomic E-state index is -0.449. The van der Waals surface area contributed by atoms with E-state index in [4.69, 9.17) is 0 Å². The Morgan fingerprint density at radius 1 is 1.06 bits per heavy atom. The van der Waals surface area contributed by atoms with Gasteiger partial charge in [0.25, 0.3) is 23.7 Å². The minimum Gasteiger partial charge on any atom is -0.289 e. The number of carbonyl (C=O) groups excluding carboxylic acids is 3. The van der Waals surface area contributed by atoms with Crippen LogP contribution in [0.25, 0.3) is 16.2 Å². The van der Waals surface area contributed by atoms with Gasteiger partial charge in [0.1, 0.15) is 0 Å². The first-order valence-corrected chi connectivity index (χ1v) is 11.4. The molecule has 0 unspecified atom stereocenters. The van der Waals surface area contributed by atoms with Crippen molar-refractivity contribution in [2.45, 2.75) is 20.8 Å². The summed E-state index contributed by atoms with van der Waals surface area (Å²) >= 11 is 1.43. The molecule has 1 N–H and O–H groups in total. The number of nitrogens with zero attached hydrogens (tertiary/aromatic N) is 4. The molecule has 0 saturated carbocycles. The summed E-state index contributed by atoms with van der Waals surface area (Å²) in [4.78, 5) is 44.4. The summed E-state index contributed by atoms with van der Waals surface area (Å²) in [6.45, 7) is 6.25. The molecule has 1 aliphatic rings. The molecule has 3 heterocycles. The third-order valence-electron chi connectivity index (χ3n) is 5.43. The molecule has 4 aromatic rings. The molecule has 0 bridgehead atoms. The standard InChI is InChI=1S/C24H21N5O3S/c1-13(2)11-28-21(31)17-9-8-16(10-18(17)22(28)32)20(30)25-23-26-24-29(27-23)19(12-33-24)15-6-4-14(3)5-7-15/h4-10,12-13H,11H2,1-3H3,(H,25,27,30). The summed E-state index contributed by atoms with van der Waals surface area (Å²) in [6, 6.07) is 12.6. The van der Waals surface area contributed by atoms with Crippen LogP contribution in [0, 0.1) is 12.8 Å². The summed E-state index contributed by atoms with van der Waals surface area (Å²) in [5.41, 5.74) is 3.88. The van der Waals surface area contributed by atoms with Gasteiger partial charge in [0.05, 0.1) is 16.8 Å². The molecule has 9 heteroatoms. The van der Waals surface area contributed by atoms with Gasteiger partial charge in [-0.1, -0.05) is 43.7 Å². The Morgan fingerprint density at radius 3 is 2.52 bits per heavy atom. The molecule has 0 saturated heterocycles. The maximum Gasteiger partial charge on any atom is 0.261 e. The number of nitrogens with one attached hydrogen (secondary N) is 1. The molecule has 8 nitrogen and oxygen atoms in total. The first kappa shape index (κ1) is 21.0. The molecule has 0 atom stereocenters. The monoisotopic (exact) mass is 459 g/mol.